The zero-order chi connectivity index (χ0) is 12.2. The van der Waals surface area contributed by atoms with E-state index in [4.69, 9.17) is 4.74 Å². The number of halogens is 1. The summed E-state index contributed by atoms with van der Waals surface area (Å²) in [5.74, 6) is 0. The smallest absolute Gasteiger partial charge is 0.250 e. The molecular formula is C9H14BrNO3S2. The molecule has 0 amide bonds. The standard InChI is InChI=1S/C9H14BrNO3S2/c1-7(2)14-6-5-11-16(12,13)9-4-3-8(10)15-9/h3-4,7,11H,5-6H2,1-2H3. The molecule has 0 bridgehead atoms. The van der Waals surface area contributed by atoms with Gasteiger partial charge in [-0.2, -0.15) is 0 Å². The van der Waals surface area contributed by atoms with Gasteiger partial charge in [-0.25, -0.2) is 13.1 Å². The number of hydrogen-bond donors (Lipinski definition) is 1. The zero-order valence-corrected chi connectivity index (χ0v) is 12.3. The summed E-state index contributed by atoms with van der Waals surface area (Å²) in [6.45, 7) is 4.48. The Morgan fingerprint density at radius 2 is 2.19 bits per heavy atom. The van der Waals surface area contributed by atoms with Crippen LogP contribution in [0.25, 0.3) is 0 Å². The molecule has 1 N–H and O–H groups in total. The van der Waals surface area contributed by atoms with Crippen LogP contribution in [0.1, 0.15) is 13.8 Å². The van der Waals surface area contributed by atoms with E-state index in [1.54, 1.807) is 12.1 Å². The summed E-state index contributed by atoms with van der Waals surface area (Å²) in [5, 5.41) is 0. The fourth-order valence-corrected chi connectivity index (χ4v) is 4.05. The Morgan fingerprint density at radius 3 is 2.69 bits per heavy atom. The van der Waals surface area contributed by atoms with Crippen molar-refractivity contribution in [2.75, 3.05) is 13.2 Å². The lowest BCUT2D eigenvalue weighted by atomic mass is 10.5. The highest BCUT2D eigenvalue weighted by molar-refractivity contribution is 9.11. The van der Waals surface area contributed by atoms with E-state index in [0.717, 1.165) is 3.79 Å². The second kappa shape index (κ2) is 6.11. The van der Waals surface area contributed by atoms with Crippen LogP contribution in [0.5, 0.6) is 0 Å². The molecule has 0 spiro atoms. The van der Waals surface area contributed by atoms with E-state index >= 15 is 0 Å². The average molecular weight is 328 g/mol. The second-order valence-corrected chi connectivity index (χ2v) is 7.83. The van der Waals surface area contributed by atoms with Gasteiger partial charge in [0.25, 0.3) is 0 Å². The van der Waals surface area contributed by atoms with E-state index in [0.29, 0.717) is 10.8 Å². The number of ether oxygens (including phenoxy) is 1. The maximum absolute atomic E-state index is 11.7. The van der Waals surface area contributed by atoms with Crippen molar-refractivity contribution in [1.29, 1.82) is 0 Å². The van der Waals surface area contributed by atoms with Gasteiger partial charge in [0.1, 0.15) is 4.21 Å². The summed E-state index contributed by atoms with van der Waals surface area (Å²) in [5.41, 5.74) is 0. The highest BCUT2D eigenvalue weighted by Gasteiger charge is 2.15. The minimum atomic E-state index is -3.38. The first-order chi connectivity index (χ1) is 7.42. The molecule has 0 aromatic carbocycles. The summed E-state index contributed by atoms with van der Waals surface area (Å²) < 4.78 is 32.3. The molecule has 1 rings (SSSR count). The molecule has 1 aromatic rings. The number of rotatable bonds is 6. The van der Waals surface area contributed by atoms with Gasteiger partial charge in [-0.15, -0.1) is 11.3 Å². The van der Waals surface area contributed by atoms with Crippen molar-refractivity contribution < 1.29 is 13.2 Å². The molecule has 1 aromatic heterocycles. The van der Waals surface area contributed by atoms with Crippen molar-refractivity contribution in [1.82, 2.24) is 4.72 Å². The third-order valence-corrected chi connectivity index (χ3v) is 5.24. The molecule has 4 nitrogen and oxygen atoms in total. The fraction of sp³-hybridized carbons (Fsp3) is 0.556. The Morgan fingerprint density at radius 1 is 1.50 bits per heavy atom. The lowest BCUT2D eigenvalue weighted by molar-refractivity contribution is 0.0834. The quantitative estimate of drug-likeness (QED) is 0.815. The maximum atomic E-state index is 11.7. The van der Waals surface area contributed by atoms with Crippen molar-refractivity contribution in [2.24, 2.45) is 0 Å². The zero-order valence-electron chi connectivity index (χ0n) is 9.07. The Balaban J connectivity index is 2.47. The highest BCUT2D eigenvalue weighted by atomic mass is 79.9. The lowest BCUT2D eigenvalue weighted by Crippen LogP contribution is -2.27. The SMILES string of the molecule is CC(C)OCCNS(=O)(=O)c1ccc(Br)s1. The van der Waals surface area contributed by atoms with Gasteiger partial charge >= 0.3 is 0 Å². The number of nitrogens with one attached hydrogen (secondary N) is 1. The van der Waals surface area contributed by atoms with E-state index < -0.39 is 10.0 Å². The fourth-order valence-electron chi connectivity index (χ4n) is 0.984. The highest BCUT2D eigenvalue weighted by Crippen LogP contribution is 2.25. The molecule has 0 radical (unpaired) electrons. The number of sulfonamides is 1. The molecule has 7 heteroatoms. The second-order valence-electron chi connectivity index (χ2n) is 3.38. The molecule has 16 heavy (non-hydrogen) atoms. The van der Waals surface area contributed by atoms with E-state index in [1.165, 1.54) is 11.3 Å². The number of thiophene rings is 1. The van der Waals surface area contributed by atoms with Crippen LogP contribution in [0.4, 0.5) is 0 Å². The van der Waals surface area contributed by atoms with Crippen LogP contribution in [-0.2, 0) is 14.8 Å². The molecule has 0 aliphatic carbocycles. The minimum absolute atomic E-state index is 0.111. The average Bonchev–Trinajstić information content (AvgIpc) is 2.60. The summed E-state index contributed by atoms with van der Waals surface area (Å²) >= 11 is 4.41. The molecular weight excluding hydrogens is 314 g/mol. The van der Waals surface area contributed by atoms with Crippen molar-refractivity contribution in [3.05, 3.63) is 15.9 Å². The molecule has 0 aliphatic heterocycles. The van der Waals surface area contributed by atoms with E-state index in [9.17, 15) is 8.42 Å². The minimum Gasteiger partial charge on any atom is -0.377 e. The van der Waals surface area contributed by atoms with Crippen LogP contribution in [-0.4, -0.2) is 27.7 Å². The van der Waals surface area contributed by atoms with E-state index in [1.807, 2.05) is 13.8 Å². The first-order valence-corrected chi connectivity index (χ1v) is 7.87. The molecule has 0 atom stereocenters. The third kappa shape index (κ3) is 4.50. The molecule has 0 unspecified atom stereocenters. The molecule has 0 fully saturated rings. The summed E-state index contributed by atoms with van der Waals surface area (Å²) in [6, 6.07) is 3.28. The van der Waals surface area contributed by atoms with Gasteiger partial charge < -0.3 is 4.74 Å². The predicted molar refractivity (Wildman–Crippen MR) is 68.3 cm³/mol. The normalized spacial score (nSPS) is 12.2. The maximum Gasteiger partial charge on any atom is 0.250 e. The molecule has 92 valence electrons. The lowest BCUT2D eigenvalue weighted by Gasteiger charge is -2.08. The first-order valence-electron chi connectivity index (χ1n) is 4.78. The van der Waals surface area contributed by atoms with Crippen LogP contribution < -0.4 is 4.72 Å². The van der Waals surface area contributed by atoms with Crippen LogP contribution in [0.15, 0.2) is 20.1 Å². The van der Waals surface area contributed by atoms with E-state index in [-0.39, 0.29) is 12.6 Å². The van der Waals surface area contributed by atoms with Crippen molar-refractivity contribution >= 4 is 37.3 Å². The van der Waals surface area contributed by atoms with Gasteiger partial charge in [0.15, 0.2) is 0 Å². The van der Waals surface area contributed by atoms with Crippen LogP contribution in [0.2, 0.25) is 0 Å². The van der Waals surface area contributed by atoms with Crippen molar-refractivity contribution in [2.45, 2.75) is 24.2 Å². The van der Waals surface area contributed by atoms with Gasteiger partial charge in [0.05, 0.1) is 16.5 Å². The van der Waals surface area contributed by atoms with Crippen molar-refractivity contribution in [3.8, 4) is 0 Å². The summed E-state index contributed by atoms with van der Waals surface area (Å²) in [6.07, 6.45) is 0.111. The van der Waals surface area contributed by atoms with E-state index in [2.05, 4.69) is 20.7 Å². The predicted octanol–water partition coefficient (Wildman–Crippen LogP) is 2.21. The molecule has 0 saturated carbocycles. The molecule has 1 heterocycles. The monoisotopic (exact) mass is 327 g/mol. The molecule has 0 saturated heterocycles. The summed E-state index contributed by atoms with van der Waals surface area (Å²) in [4.78, 5) is 0. The Labute approximate surface area is 108 Å². The van der Waals surface area contributed by atoms with Gasteiger partial charge in [-0.3, -0.25) is 0 Å². The first kappa shape index (κ1) is 14.1. The van der Waals surface area contributed by atoms with Crippen molar-refractivity contribution in [3.63, 3.8) is 0 Å². The Hall–Kier alpha value is 0.0500. The third-order valence-electron chi connectivity index (χ3n) is 1.66. The van der Waals surface area contributed by atoms with Crippen LogP contribution >= 0.6 is 27.3 Å². The van der Waals surface area contributed by atoms with Crippen LogP contribution in [0.3, 0.4) is 0 Å². The Bertz CT molecular complexity index is 428. The Kier molecular flexibility index (Phi) is 5.39. The molecule has 0 aliphatic rings. The largest absolute Gasteiger partial charge is 0.377 e. The topological polar surface area (TPSA) is 55.4 Å². The van der Waals surface area contributed by atoms with Gasteiger partial charge in [-0.1, -0.05) is 0 Å². The number of hydrogen-bond acceptors (Lipinski definition) is 4. The van der Waals surface area contributed by atoms with Gasteiger partial charge in [0, 0.05) is 6.54 Å². The van der Waals surface area contributed by atoms with Gasteiger partial charge in [-0.05, 0) is 41.9 Å². The van der Waals surface area contributed by atoms with Gasteiger partial charge in [0.2, 0.25) is 10.0 Å². The summed E-state index contributed by atoms with van der Waals surface area (Å²) in [7, 11) is -3.38. The van der Waals surface area contributed by atoms with Crippen LogP contribution in [0, 0.1) is 0 Å².